The zero-order valence-electron chi connectivity index (χ0n) is 22.2. The number of likely N-dealkylation sites (N-methyl/N-ethyl adjacent to an activating group) is 1. The Hall–Kier alpha value is -2.92. The molecule has 13 heteroatoms. The van der Waals surface area contributed by atoms with Crippen LogP contribution in [-0.4, -0.2) is 77.1 Å². The molecule has 1 fully saturated rings. The van der Waals surface area contributed by atoms with Crippen molar-refractivity contribution in [3.05, 3.63) is 68.8 Å². The summed E-state index contributed by atoms with van der Waals surface area (Å²) in [4.78, 5) is 31.6. The van der Waals surface area contributed by atoms with Crippen LogP contribution in [0.15, 0.2) is 48.7 Å². The minimum absolute atomic E-state index is 0.227. The Kier molecular flexibility index (Phi) is 9.64. The average Bonchev–Trinajstić information content (AvgIpc) is 2.94. The van der Waals surface area contributed by atoms with Crippen LogP contribution in [0, 0.1) is 0 Å². The molecule has 3 N–H and O–H groups in total. The number of nitrogens with one attached hydrogen (secondary N) is 3. The molecule has 214 valence electrons. The molecule has 1 aliphatic rings. The molecule has 0 saturated carbocycles. The van der Waals surface area contributed by atoms with Gasteiger partial charge in [-0.3, -0.25) is 5.32 Å². The number of hydrogen-bond acceptors (Lipinski definition) is 7. The summed E-state index contributed by atoms with van der Waals surface area (Å²) in [5.74, 6) is 0.683. The molecule has 4 aromatic rings. The summed E-state index contributed by atoms with van der Waals surface area (Å²) in [7, 11) is 2.15. The topological polar surface area (TPSA) is 98.3 Å². The molecular formula is C28H28Cl4N8O. The minimum atomic E-state index is -0.545. The van der Waals surface area contributed by atoms with Crippen LogP contribution in [0.1, 0.15) is 6.42 Å². The van der Waals surface area contributed by atoms with Gasteiger partial charge in [0.15, 0.2) is 5.65 Å². The lowest BCUT2D eigenvalue weighted by molar-refractivity contribution is 0.154. The third-order valence-electron chi connectivity index (χ3n) is 6.74. The molecule has 0 unspecified atom stereocenters. The van der Waals surface area contributed by atoms with Gasteiger partial charge in [-0.15, -0.1) is 0 Å². The number of carbonyl (C=O) groups is 1. The van der Waals surface area contributed by atoms with Crippen molar-refractivity contribution in [3.63, 3.8) is 0 Å². The van der Waals surface area contributed by atoms with Crippen molar-refractivity contribution in [1.29, 1.82) is 0 Å². The molecular weight excluding hydrogens is 606 g/mol. The fourth-order valence-electron chi connectivity index (χ4n) is 4.51. The van der Waals surface area contributed by atoms with Crippen LogP contribution in [-0.2, 0) is 0 Å². The molecule has 0 bridgehead atoms. The fourth-order valence-corrected chi connectivity index (χ4v) is 5.41. The number of piperazine rings is 1. The van der Waals surface area contributed by atoms with Gasteiger partial charge in [-0.25, -0.2) is 14.8 Å². The van der Waals surface area contributed by atoms with E-state index in [2.05, 4.69) is 47.7 Å². The van der Waals surface area contributed by atoms with E-state index < -0.39 is 6.03 Å². The number of rotatable bonds is 8. The number of nitrogens with zero attached hydrogens (tertiary/aromatic N) is 5. The summed E-state index contributed by atoms with van der Waals surface area (Å²) in [6.45, 7) is 6.09. The summed E-state index contributed by atoms with van der Waals surface area (Å²) in [5, 5.41) is 11.0. The Labute approximate surface area is 258 Å². The molecule has 2 amide bonds. The molecule has 2 aromatic heterocycles. The molecule has 9 nitrogen and oxygen atoms in total. The molecule has 41 heavy (non-hydrogen) atoms. The van der Waals surface area contributed by atoms with Crippen molar-refractivity contribution in [3.8, 4) is 11.1 Å². The van der Waals surface area contributed by atoms with E-state index in [-0.39, 0.29) is 5.82 Å². The van der Waals surface area contributed by atoms with Gasteiger partial charge in [-0.2, -0.15) is 4.98 Å². The molecule has 0 aliphatic carbocycles. The number of halogens is 4. The van der Waals surface area contributed by atoms with Crippen LogP contribution >= 0.6 is 46.4 Å². The third-order valence-corrected chi connectivity index (χ3v) is 8.11. The number of aromatic nitrogens is 3. The molecule has 3 heterocycles. The number of benzene rings is 2. The van der Waals surface area contributed by atoms with Gasteiger partial charge in [0.2, 0.25) is 5.95 Å². The van der Waals surface area contributed by atoms with Gasteiger partial charge in [-0.1, -0.05) is 52.5 Å². The number of amides is 2. The quantitative estimate of drug-likeness (QED) is 0.180. The second kappa shape index (κ2) is 13.4. The third kappa shape index (κ3) is 7.48. The highest BCUT2D eigenvalue weighted by atomic mass is 35.5. The first-order valence-electron chi connectivity index (χ1n) is 13.1. The molecule has 5 rings (SSSR count). The average molecular weight is 634 g/mol. The van der Waals surface area contributed by atoms with Crippen LogP contribution in [0.4, 0.5) is 22.2 Å². The monoisotopic (exact) mass is 632 g/mol. The van der Waals surface area contributed by atoms with Crippen molar-refractivity contribution < 1.29 is 4.79 Å². The first-order chi connectivity index (χ1) is 19.8. The number of hydrogen-bond donors (Lipinski definition) is 3. The van der Waals surface area contributed by atoms with E-state index in [9.17, 15) is 4.79 Å². The number of carbonyl (C=O) groups excluding carboxylic acids is 1. The normalized spacial score (nSPS) is 14.3. The van der Waals surface area contributed by atoms with Crippen LogP contribution in [0.3, 0.4) is 0 Å². The van der Waals surface area contributed by atoms with E-state index in [4.69, 9.17) is 46.4 Å². The van der Waals surface area contributed by atoms with Crippen LogP contribution in [0.25, 0.3) is 22.2 Å². The maximum atomic E-state index is 13.0. The Morgan fingerprint density at radius 3 is 2.39 bits per heavy atom. The highest BCUT2D eigenvalue weighted by molar-refractivity contribution is 6.42. The largest absolute Gasteiger partial charge is 0.354 e. The summed E-state index contributed by atoms with van der Waals surface area (Å²) in [6, 6.07) is 11.2. The molecule has 1 aliphatic heterocycles. The zero-order chi connectivity index (χ0) is 28.9. The van der Waals surface area contributed by atoms with Crippen molar-refractivity contribution in [2.75, 3.05) is 62.3 Å². The van der Waals surface area contributed by atoms with E-state index in [1.54, 1.807) is 48.7 Å². The van der Waals surface area contributed by atoms with Gasteiger partial charge < -0.3 is 20.4 Å². The Balaban J connectivity index is 1.37. The van der Waals surface area contributed by atoms with E-state index in [0.717, 1.165) is 45.7 Å². The van der Waals surface area contributed by atoms with Crippen LogP contribution in [0.5, 0.6) is 0 Å². The first kappa shape index (κ1) is 29.6. The Morgan fingerprint density at radius 2 is 1.66 bits per heavy atom. The van der Waals surface area contributed by atoms with Crippen LogP contribution < -0.4 is 16.0 Å². The predicted molar refractivity (Wildman–Crippen MR) is 169 cm³/mol. The van der Waals surface area contributed by atoms with E-state index in [1.165, 1.54) is 0 Å². The molecule has 0 atom stereocenters. The minimum Gasteiger partial charge on any atom is -0.354 e. The lowest BCUT2D eigenvalue weighted by Gasteiger charge is -2.32. The fraction of sp³-hybridized carbons (Fsp3) is 0.286. The van der Waals surface area contributed by atoms with Gasteiger partial charge in [0.25, 0.3) is 0 Å². The van der Waals surface area contributed by atoms with Crippen molar-refractivity contribution in [2.45, 2.75) is 6.42 Å². The number of urea groups is 1. The second-order valence-electron chi connectivity index (χ2n) is 9.72. The van der Waals surface area contributed by atoms with Crippen molar-refractivity contribution >= 4 is 80.9 Å². The number of fused-ring (bicyclic) bond motifs is 1. The van der Waals surface area contributed by atoms with E-state index in [1.807, 2.05) is 0 Å². The smallest absolute Gasteiger partial charge is 0.324 e. The summed E-state index contributed by atoms with van der Waals surface area (Å²) in [5.41, 5.74) is 1.91. The summed E-state index contributed by atoms with van der Waals surface area (Å²) >= 11 is 25.2. The Bertz CT molecular complexity index is 1540. The predicted octanol–water partition coefficient (Wildman–Crippen LogP) is 7.00. The standard InChI is InChI=1S/C28H28Cl4N8O/c1-39-10-12-40(13-11-39)9-3-8-33-27-34-16-17-14-19(24-21(30)4-2-5-22(24)31)26(36-25(17)37-27)38-28(41)35-18-6-7-20(29)23(32)15-18/h2,4-7,14-16H,3,8-13H2,1H3,(H3,33,34,35,36,37,38,41). The summed E-state index contributed by atoms with van der Waals surface area (Å²) < 4.78 is 0. The van der Waals surface area contributed by atoms with Gasteiger partial charge in [0.05, 0.1) is 20.1 Å². The van der Waals surface area contributed by atoms with Crippen molar-refractivity contribution in [1.82, 2.24) is 24.8 Å². The maximum absolute atomic E-state index is 13.0. The van der Waals surface area contributed by atoms with Gasteiger partial charge in [0, 0.05) is 61.1 Å². The van der Waals surface area contributed by atoms with E-state index >= 15 is 0 Å². The number of pyridine rings is 1. The SMILES string of the molecule is CN1CCN(CCCNc2ncc3cc(-c4c(Cl)cccc4Cl)c(NC(=O)Nc4ccc(Cl)c(Cl)c4)nc3n2)CC1. The van der Waals surface area contributed by atoms with Gasteiger partial charge in [0.1, 0.15) is 5.82 Å². The van der Waals surface area contributed by atoms with Crippen LogP contribution in [0.2, 0.25) is 20.1 Å². The molecule has 0 radical (unpaired) electrons. The molecule has 0 spiro atoms. The Morgan fingerprint density at radius 1 is 0.902 bits per heavy atom. The summed E-state index contributed by atoms with van der Waals surface area (Å²) in [6.07, 6.45) is 2.65. The maximum Gasteiger partial charge on any atom is 0.324 e. The van der Waals surface area contributed by atoms with Gasteiger partial charge >= 0.3 is 6.03 Å². The number of anilines is 3. The molecule has 2 aromatic carbocycles. The lowest BCUT2D eigenvalue weighted by atomic mass is 10.0. The lowest BCUT2D eigenvalue weighted by Crippen LogP contribution is -2.44. The highest BCUT2D eigenvalue weighted by Gasteiger charge is 2.19. The van der Waals surface area contributed by atoms with Gasteiger partial charge in [-0.05, 0) is 56.4 Å². The second-order valence-corrected chi connectivity index (χ2v) is 11.3. The van der Waals surface area contributed by atoms with Crippen molar-refractivity contribution in [2.24, 2.45) is 0 Å². The highest BCUT2D eigenvalue weighted by Crippen LogP contribution is 2.39. The first-order valence-corrected chi connectivity index (χ1v) is 14.6. The zero-order valence-corrected chi connectivity index (χ0v) is 25.2. The molecule has 1 saturated heterocycles. The van der Waals surface area contributed by atoms with E-state index in [0.29, 0.717) is 53.9 Å².